The number of hydrogen-bond acceptors (Lipinski definition) is 3. The van der Waals surface area contributed by atoms with E-state index in [1.54, 1.807) is 6.92 Å². The molecule has 0 spiro atoms. The predicted molar refractivity (Wildman–Crippen MR) is 108 cm³/mol. The van der Waals surface area contributed by atoms with Gasteiger partial charge in [0.05, 0.1) is 0 Å². The average molecular weight is 436 g/mol. The Morgan fingerprint density at radius 3 is 2.37 bits per heavy atom. The van der Waals surface area contributed by atoms with E-state index in [2.05, 4.69) is 4.99 Å². The van der Waals surface area contributed by atoms with Crippen molar-refractivity contribution in [3.63, 3.8) is 0 Å². The molecule has 5 nitrogen and oxygen atoms in total. The zero-order valence-corrected chi connectivity index (χ0v) is 17.6. The first-order valence-electron chi connectivity index (χ1n) is 9.43. The van der Waals surface area contributed by atoms with Crippen LogP contribution in [0.5, 0.6) is 5.75 Å². The molecule has 10 heteroatoms. The summed E-state index contributed by atoms with van der Waals surface area (Å²) in [6.07, 6.45) is -3.71. The van der Waals surface area contributed by atoms with Crippen molar-refractivity contribution in [2.75, 3.05) is 40.8 Å². The molecule has 0 saturated heterocycles. The van der Waals surface area contributed by atoms with Gasteiger partial charge in [0.1, 0.15) is 29.5 Å². The van der Waals surface area contributed by atoms with Crippen LogP contribution in [-0.4, -0.2) is 68.4 Å². The third-order valence-electron chi connectivity index (χ3n) is 4.47. The number of nitrogens with two attached hydrogens (primary N) is 1. The minimum Gasteiger partial charge on any atom is -0.489 e. The fourth-order valence-corrected chi connectivity index (χ4v) is 2.52. The van der Waals surface area contributed by atoms with E-state index < -0.39 is 30.0 Å². The smallest absolute Gasteiger partial charge is 0.433 e. The van der Waals surface area contributed by atoms with E-state index in [4.69, 9.17) is 10.5 Å². The second-order valence-electron chi connectivity index (χ2n) is 7.04. The summed E-state index contributed by atoms with van der Waals surface area (Å²) < 4.78 is 73.2. The molecule has 1 unspecified atom stereocenters. The lowest BCUT2D eigenvalue weighted by molar-refractivity contribution is -0.0929. The first kappa shape index (κ1) is 25.7. The Hall–Kier alpha value is -2.36. The fourth-order valence-electron chi connectivity index (χ4n) is 2.52. The summed E-state index contributed by atoms with van der Waals surface area (Å²) in [4.78, 5) is 6.59. The molecular formula is C20H29F5N4O. The maximum Gasteiger partial charge on any atom is 0.433 e. The predicted octanol–water partition coefficient (Wildman–Crippen LogP) is 3.97. The number of nitrogens with zero attached hydrogens (tertiary/aromatic N) is 3. The molecule has 0 aliphatic carbocycles. The van der Waals surface area contributed by atoms with E-state index in [-0.39, 0.29) is 37.6 Å². The van der Waals surface area contributed by atoms with E-state index in [0.717, 1.165) is 12.1 Å². The number of allylic oxidation sites excluding steroid dienone is 1. The third kappa shape index (κ3) is 8.17. The van der Waals surface area contributed by atoms with Crippen LogP contribution in [0.1, 0.15) is 19.8 Å². The van der Waals surface area contributed by atoms with Gasteiger partial charge in [-0.05, 0) is 24.6 Å². The summed E-state index contributed by atoms with van der Waals surface area (Å²) in [7, 11) is 4.61. The number of guanidine groups is 1. The molecule has 170 valence electrons. The Labute approximate surface area is 174 Å². The number of alkyl halides is 4. The van der Waals surface area contributed by atoms with Gasteiger partial charge in [-0.3, -0.25) is 0 Å². The van der Waals surface area contributed by atoms with Gasteiger partial charge in [-0.2, -0.15) is 13.2 Å². The van der Waals surface area contributed by atoms with Gasteiger partial charge in [-0.25, -0.2) is 13.8 Å². The lowest BCUT2D eigenvalue weighted by Gasteiger charge is -2.30. The Morgan fingerprint density at radius 1 is 1.20 bits per heavy atom. The average Bonchev–Trinajstić information content (AvgIpc) is 2.67. The van der Waals surface area contributed by atoms with E-state index in [1.807, 2.05) is 0 Å². The summed E-state index contributed by atoms with van der Waals surface area (Å²) in [6, 6.07) is 5.08. The Balaban J connectivity index is 3.02. The first-order chi connectivity index (χ1) is 13.9. The van der Waals surface area contributed by atoms with E-state index in [0.29, 0.717) is 0 Å². The Kier molecular flexibility index (Phi) is 9.54. The van der Waals surface area contributed by atoms with Crippen molar-refractivity contribution in [1.82, 2.24) is 9.80 Å². The summed E-state index contributed by atoms with van der Waals surface area (Å²) in [5, 5.41) is 0. The molecule has 0 aliphatic heterocycles. The summed E-state index contributed by atoms with van der Waals surface area (Å²) >= 11 is 0. The Bertz CT molecular complexity index is 730. The van der Waals surface area contributed by atoms with Gasteiger partial charge in [0.15, 0.2) is 0 Å². The molecular weight excluding hydrogens is 407 g/mol. The van der Waals surface area contributed by atoms with Crippen molar-refractivity contribution >= 4 is 5.96 Å². The number of benzene rings is 1. The lowest BCUT2D eigenvalue weighted by atomic mass is 9.99. The van der Waals surface area contributed by atoms with Crippen molar-refractivity contribution in [3.05, 3.63) is 41.9 Å². The highest BCUT2D eigenvalue weighted by molar-refractivity contribution is 5.80. The largest absolute Gasteiger partial charge is 0.489 e. The first-order valence-corrected chi connectivity index (χ1v) is 9.43. The van der Waals surface area contributed by atoms with E-state index in [9.17, 15) is 22.0 Å². The van der Waals surface area contributed by atoms with Crippen LogP contribution in [-0.2, 0) is 0 Å². The summed E-state index contributed by atoms with van der Waals surface area (Å²) in [5.74, 6) is -0.460. The minimum absolute atomic E-state index is 0.000181. The van der Waals surface area contributed by atoms with Gasteiger partial charge in [0, 0.05) is 46.7 Å². The summed E-state index contributed by atoms with van der Waals surface area (Å²) in [6.45, 7) is 1.17. The summed E-state index contributed by atoms with van der Waals surface area (Å²) in [5.41, 5.74) is 2.70. The fraction of sp³-hybridized carbons (Fsp3) is 0.550. The van der Waals surface area contributed by atoms with Crippen LogP contribution in [0.4, 0.5) is 22.0 Å². The molecule has 1 aromatic carbocycles. The number of rotatable bonds is 9. The Morgan fingerprint density at radius 2 is 1.87 bits per heavy atom. The van der Waals surface area contributed by atoms with Crippen molar-refractivity contribution in [3.8, 4) is 5.75 Å². The van der Waals surface area contributed by atoms with Gasteiger partial charge >= 0.3 is 6.18 Å². The van der Waals surface area contributed by atoms with Crippen LogP contribution in [0, 0.1) is 5.82 Å². The van der Waals surface area contributed by atoms with Gasteiger partial charge < -0.3 is 20.3 Å². The molecule has 0 amide bonds. The van der Waals surface area contributed by atoms with Crippen LogP contribution < -0.4 is 10.5 Å². The van der Waals surface area contributed by atoms with Crippen LogP contribution in [0.25, 0.3) is 0 Å². The molecule has 30 heavy (non-hydrogen) atoms. The van der Waals surface area contributed by atoms with Crippen molar-refractivity contribution in [2.24, 2.45) is 10.7 Å². The highest BCUT2D eigenvalue weighted by Crippen LogP contribution is 2.27. The quantitative estimate of drug-likeness (QED) is 0.362. The molecule has 0 aliphatic rings. The highest BCUT2D eigenvalue weighted by Gasteiger charge is 2.35. The van der Waals surface area contributed by atoms with E-state index in [1.165, 1.54) is 49.1 Å². The number of halogens is 5. The monoisotopic (exact) mass is 436 g/mol. The molecule has 0 bridgehead atoms. The van der Waals surface area contributed by atoms with Gasteiger partial charge in [0.25, 0.3) is 0 Å². The zero-order valence-electron chi connectivity index (χ0n) is 17.6. The molecule has 1 rings (SSSR count). The van der Waals surface area contributed by atoms with Crippen molar-refractivity contribution in [2.45, 2.75) is 31.6 Å². The van der Waals surface area contributed by atoms with Crippen LogP contribution in [0.2, 0.25) is 0 Å². The number of aliphatic imine (C=N–C) groups is 1. The van der Waals surface area contributed by atoms with Crippen molar-refractivity contribution in [1.29, 1.82) is 0 Å². The normalized spacial score (nSPS) is 15.0. The molecule has 0 fully saturated rings. The second kappa shape index (κ2) is 11.1. The molecule has 0 saturated carbocycles. The maximum atomic E-state index is 14.4. The SMILES string of the molecule is CCC(F)(CN)CCN(C)C(=N/C(=C\COc1cccc(F)c1)C(F)(F)F)N(C)C. The van der Waals surface area contributed by atoms with Gasteiger partial charge in [0.2, 0.25) is 5.96 Å². The number of ether oxygens (including phenoxy) is 1. The molecule has 1 aromatic rings. The van der Waals surface area contributed by atoms with Gasteiger partial charge in [-0.15, -0.1) is 0 Å². The molecule has 0 aromatic heterocycles. The van der Waals surface area contributed by atoms with Crippen LogP contribution >= 0.6 is 0 Å². The highest BCUT2D eigenvalue weighted by atomic mass is 19.4. The second-order valence-corrected chi connectivity index (χ2v) is 7.04. The zero-order chi connectivity index (χ0) is 22.9. The topological polar surface area (TPSA) is 54.1 Å². The molecule has 1 atom stereocenters. The van der Waals surface area contributed by atoms with Crippen LogP contribution in [0.3, 0.4) is 0 Å². The van der Waals surface area contributed by atoms with Crippen LogP contribution in [0.15, 0.2) is 41.0 Å². The molecule has 0 radical (unpaired) electrons. The lowest BCUT2D eigenvalue weighted by Crippen LogP contribution is -2.42. The standard InChI is InChI=1S/C20H29F5N4O/c1-5-19(22,14-26)10-11-29(4)18(28(2)3)27-17(20(23,24)25)9-12-30-16-8-6-7-15(21)13-16/h6-9,13H,5,10-12,14,26H2,1-4H3/b17-9-,27-18?. The molecule has 2 N–H and O–H groups in total. The van der Waals surface area contributed by atoms with Crippen molar-refractivity contribution < 1.29 is 26.7 Å². The van der Waals surface area contributed by atoms with E-state index >= 15 is 0 Å². The maximum absolute atomic E-state index is 14.4. The number of hydrogen-bond donors (Lipinski definition) is 1. The minimum atomic E-state index is -4.74. The molecule has 0 heterocycles. The van der Waals surface area contributed by atoms with Gasteiger partial charge in [-0.1, -0.05) is 13.0 Å². The third-order valence-corrected chi connectivity index (χ3v) is 4.47.